The van der Waals surface area contributed by atoms with Crippen molar-refractivity contribution in [2.75, 3.05) is 43.5 Å². The predicted molar refractivity (Wildman–Crippen MR) is 414 cm³/mol. The van der Waals surface area contributed by atoms with Crippen LogP contribution >= 0.6 is 0 Å². The van der Waals surface area contributed by atoms with Crippen molar-refractivity contribution in [1.29, 1.82) is 0 Å². The van der Waals surface area contributed by atoms with E-state index < -0.39 is 183 Å². The highest BCUT2D eigenvalue weighted by molar-refractivity contribution is 5.98. The number of rotatable bonds is 43. The fourth-order valence-electron chi connectivity index (χ4n) is 12.8. The first kappa shape index (κ1) is 86.3. The lowest BCUT2D eigenvalue weighted by atomic mass is 9.98. The second-order valence-corrected chi connectivity index (χ2v) is 27.8. The van der Waals surface area contributed by atoms with E-state index in [2.05, 4.69) is 58.2 Å². The summed E-state index contributed by atoms with van der Waals surface area (Å²) in [6.45, 7) is 4.58. The van der Waals surface area contributed by atoms with E-state index in [1.54, 1.807) is 58.0 Å². The summed E-state index contributed by atoms with van der Waals surface area (Å²) in [5, 5.41) is 25.3. The molecule has 18 N–H and O–H groups in total. The predicted octanol–water partition coefficient (Wildman–Crippen LogP) is 3.22. The highest BCUT2D eigenvalue weighted by Gasteiger charge is 2.37. The Hall–Kier alpha value is -13.3. The number of hydrogen-bond acceptors (Lipinski definition) is 20. The fraction of sp³-hybridized carbons (Fsp3) is 0.375. The van der Waals surface area contributed by atoms with Crippen LogP contribution in [-0.4, -0.2) is 163 Å². The van der Waals surface area contributed by atoms with Crippen LogP contribution in [0.2, 0.25) is 0 Å². The first-order valence-electron chi connectivity index (χ1n) is 37.1. The highest BCUT2D eigenvalue weighted by atomic mass is 16.6. The van der Waals surface area contributed by atoms with Crippen LogP contribution in [0.1, 0.15) is 132 Å². The quantitative estimate of drug-likeness (QED) is 0.0193. The summed E-state index contributed by atoms with van der Waals surface area (Å²) in [7, 11) is 0. The van der Waals surface area contributed by atoms with E-state index >= 15 is 0 Å². The number of ether oxygens (including phenoxy) is 4. The number of nitrogens with zero attached hydrogens (tertiary/aromatic N) is 1. The van der Waals surface area contributed by atoms with Gasteiger partial charge in [-0.2, -0.15) is 0 Å². The third kappa shape index (κ3) is 25.9. The molecular formula is C80H95N15O19. The van der Waals surface area contributed by atoms with E-state index in [9.17, 15) is 71.9 Å². The largest absolute Gasteiger partial charge is 0.482 e. The maximum absolute atomic E-state index is 14.1. The molecule has 0 spiro atoms. The molecule has 6 atom stereocenters. The lowest BCUT2D eigenvalue weighted by Gasteiger charge is -2.27. The zero-order chi connectivity index (χ0) is 82.5. The molecule has 0 saturated heterocycles. The van der Waals surface area contributed by atoms with Crippen LogP contribution in [0.25, 0.3) is 22.3 Å². The number of fused-ring (bicyclic) bond motifs is 6. The van der Waals surface area contributed by atoms with Gasteiger partial charge < -0.3 is 95.1 Å². The number of esters is 1. The number of alkyl carbamates (subject to hydrolysis) is 2. The number of carbonyl (C=O) groups excluding carboxylic acids is 15. The van der Waals surface area contributed by atoms with Crippen LogP contribution in [-0.2, 0) is 83.1 Å². The van der Waals surface area contributed by atoms with Crippen LogP contribution in [0, 0.1) is 11.8 Å². The van der Waals surface area contributed by atoms with Crippen molar-refractivity contribution in [3.05, 3.63) is 167 Å². The number of pyridine rings is 1. The van der Waals surface area contributed by atoms with E-state index in [1.165, 1.54) is 12.1 Å². The van der Waals surface area contributed by atoms with Gasteiger partial charge in [-0.05, 0) is 87.6 Å². The van der Waals surface area contributed by atoms with E-state index in [1.807, 2.05) is 97.1 Å². The summed E-state index contributed by atoms with van der Waals surface area (Å²) in [4.78, 5) is 203. The molecule has 1 heterocycles. The van der Waals surface area contributed by atoms with Gasteiger partial charge in [0.2, 0.25) is 70.9 Å². The van der Waals surface area contributed by atoms with Crippen LogP contribution in [0.15, 0.2) is 140 Å². The van der Waals surface area contributed by atoms with E-state index in [0.717, 1.165) is 44.5 Å². The van der Waals surface area contributed by atoms with Gasteiger partial charge in [0.05, 0.1) is 0 Å². The Morgan fingerprint density at radius 3 is 1.06 bits per heavy atom. The standard InChI is InChI=1S/C80H95N15O19/c1-44(2)71(94-75(105)60(28-32-64(83)98)89-79(109)113-41-56-52-22-12-8-18-48(52)49-19-9-13-23-53(49)56)77(107)87-58(26-30-62(81)96)73(103)85-36-34-68(100)92-66-38-47(111-43-70(102)112-40-46-16-6-5-7-17-46)39-67(91-66)93-69(101)35-37-86-74(104)59(27-31-63(82)97)88-78(108)72(45(3)4)95-76(106)61(29-33-65(84)99)90-80(110)114-42-57-54-24-14-10-20-50(54)51-21-11-15-25-55(51)57/h5-25,38-39,44-45,56-61,71-72H,26-37,40-43H2,1-4H3,(H2,81,96)(H2,82,97)(H2,83,98)(H2,84,99)(H,85,103)(H,86,104)(H,87,107)(H,88,108)(H,89,109)(H,90,110)(H,94,105)(H,95,106)(H2,91,92,93,100,101)/t58-,59-,60-,61-,71-,72-/m0/s1. The SMILES string of the molecule is CC(C)[C@H](NC(=O)[C@H](CCC(N)=O)NC(=O)OCC1c2ccccc2-c2ccccc21)C(=O)N[C@@H](CCC(N)=O)C(=O)NCCC(=O)Nc1cc(OCC(=O)OCc2ccccc2)cc(NC(=O)CCNC(=O)[C@H](CCC(N)=O)NC(=O)[C@@H](NC(=O)[C@H](CCC(N)=O)NC(=O)OCC2c3ccccc3-c3ccccc32)C(C)C)n1. The molecule has 2 aliphatic rings. The minimum atomic E-state index is -1.47. The van der Waals surface area contributed by atoms with E-state index in [0.29, 0.717) is 5.56 Å². The topological polar surface area (TPSA) is 530 Å². The minimum absolute atomic E-state index is 0.0958. The van der Waals surface area contributed by atoms with Crippen molar-refractivity contribution in [2.45, 2.75) is 147 Å². The van der Waals surface area contributed by atoms with Crippen LogP contribution in [0.4, 0.5) is 21.2 Å². The summed E-state index contributed by atoms with van der Waals surface area (Å²) in [5.74, 6) is -13.6. The molecular weight excluding hydrogens is 1470 g/mol. The van der Waals surface area contributed by atoms with Crippen molar-refractivity contribution in [3.63, 3.8) is 0 Å². The third-order valence-electron chi connectivity index (χ3n) is 18.6. The first-order valence-corrected chi connectivity index (χ1v) is 37.1. The summed E-state index contributed by atoms with van der Waals surface area (Å²) in [5.41, 5.74) is 30.1. The summed E-state index contributed by atoms with van der Waals surface area (Å²) >= 11 is 0. The molecule has 1 aromatic heterocycles. The lowest BCUT2D eigenvalue weighted by Crippen LogP contribution is -2.58. The number of benzene rings is 5. The van der Waals surface area contributed by atoms with Crippen molar-refractivity contribution < 1.29 is 90.9 Å². The molecule has 604 valence electrons. The van der Waals surface area contributed by atoms with Crippen LogP contribution in [0.5, 0.6) is 5.75 Å². The number of aromatic nitrogens is 1. The molecule has 0 unspecified atom stereocenters. The number of carbonyl (C=O) groups is 15. The first-order chi connectivity index (χ1) is 54.5. The summed E-state index contributed by atoms with van der Waals surface area (Å²) in [6, 6.07) is 33.2. The number of nitrogens with two attached hydrogens (primary N) is 4. The Morgan fingerprint density at radius 1 is 0.386 bits per heavy atom. The van der Waals surface area contributed by atoms with E-state index in [-0.39, 0.29) is 87.6 Å². The second-order valence-electron chi connectivity index (χ2n) is 27.8. The smallest absolute Gasteiger partial charge is 0.407 e. The molecule has 114 heavy (non-hydrogen) atoms. The molecule has 0 aliphatic heterocycles. The molecule has 8 rings (SSSR count). The molecule has 0 bridgehead atoms. The maximum atomic E-state index is 14.1. The summed E-state index contributed by atoms with van der Waals surface area (Å²) < 4.78 is 22.4. The van der Waals surface area contributed by atoms with Gasteiger partial charge in [0.15, 0.2) is 6.61 Å². The molecule has 2 aliphatic carbocycles. The normalized spacial score (nSPS) is 13.3. The molecule has 0 fully saturated rings. The Bertz CT molecular complexity index is 4180. The minimum Gasteiger partial charge on any atom is -0.482 e. The van der Waals surface area contributed by atoms with Gasteiger partial charge in [-0.3, -0.25) is 57.5 Å². The Labute approximate surface area is 656 Å². The average Bonchev–Trinajstić information content (AvgIpc) is 1.62. The van der Waals surface area contributed by atoms with E-state index in [4.69, 9.17) is 41.9 Å². The molecule has 34 heteroatoms. The zero-order valence-corrected chi connectivity index (χ0v) is 63.4. The van der Waals surface area contributed by atoms with Crippen LogP contribution < -0.4 is 80.8 Å². The number of hydrogen-bond donors (Lipinski definition) is 14. The maximum Gasteiger partial charge on any atom is 0.407 e. The molecule has 34 nitrogen and oxygen atoms in total. The summed E-state index contributed by atoms with van der Waals surface area (Å²) in [6.07, 6.45) is -5.66. The van der Waals surface area contributed by atoms with Gasteiger partial charge in [0.25, 0.3) is 0 Å². The number of anilines is 2. The van der Waals surface area contributed by atoms with Gasteiger partial charge in [0.1, 0.15) is 73.5 Å². The second kappa shape index (κ2) is 42.2. The molecule has 14 amide bonds. The molecule has 0 radical (unpaired) electrons. The van der Waals surface area contributed by atoms with Gasteiger partial charge in [-0.1, -0.05) is 155 Å². The van der Waals surface area contributed by atoms with Crippen molar-refractivity contribution in [3.8, 4) is 28.0 Å². The van der Waals surface area contributed by atoms with Crippen LogP contribution in [0.3, 0.4) is 0 Å². The van der Waals surface area contributed by atoms with Gasteiger partial charge in [-0.15, -0.1) is 0 Å². The molecule has 5 aromatic carbocycles. The monoisotopic (exact) mass is 1570 g/mol. The number of primary amides is 4. The van der Waals surface area contributed by atoms with Gasteiger partial charge >= 0.3 is 18.2 Å². The zero-order valence-electron chi connectivity index (χ0n) is 63.4. The van der Waals surface area contributed by atoms with Crippen molar-refractivity contribution >= 4 is 101 Å². The van der Waals surface area contributed by atoms with Gasteiger partial charge in [-0.25, -0.2) is 19.4 Å². The Morgan fingerprint density at radius 2 is 0.719 bits per heavy atom. The number of nitrogens with one attached hydrogen (secondary N) is 10. The highest BCUT2D eigenvalue weighted by Crippen LogP contribution is 2.46. The third-order valence-corrected chi connectivity index (χ3v) is 18.6. The van der Waals surface area contributed by atoms with Crippen molar-refractivity contribution in [1.82, 2.24) is 47.5 Å². The average molecular weight is 1570 g/mol. The Kier molecular flexibility index (Phi) is 31.9. The number of amides is 14. The van der Waals surface area contributed by atoms with Gasteiger partial charge in [0, 0.05) is 75.6 Å². The Balaban J connectivity index is 0.860. The fourth-order valence-corrected chi connectivity index (χ4v) is 12.8. The molecule has 0 saturated carbocycles. The molecule has 6 aromatic rings. The van der Waals surface area contributed by atoms with Crippen molar-refractivity contribution in [2.24, 2.45) is 34.8 Å². The lowest BCUT2D eigenvalue weighted by molar-refractivity contribution is -0.147.